The zero-order valence-electron chi connectivity index (χ0n) is 13.4. The second kappa shape index (κ2) is 9.72. The van der Waals surface area contributed by atoms with Crippen molar-refractivity contribution in [2.45, 2.75) is 39.7 Å². The number of hydrogen-bond donors (Lipinski definition) is 1. The van der Waals surface area contributed by atoms with E-state index in [9.17, 15) is 0 Å². The fourth-order valence-corrected chi connectivity index (χ4v) is 2.25. The van der Waals surface area contributed by atoms with Gasteiger partial charge in [-0.2, -0.15) is 0 Å². The van der Waals surface area contributed by atoms with E-state index >= 15 is 0 Å². The van der Waals surface area contributed by atoms with E-state index in [0.29, 0.717) is 6.04 Å². The van der Waals surface area contributed by atoms with Gasteiger partial charge in [0.2, 0.25) is 0 Å². The quantitative estimate of drug-likeness (QED) is 0.714. The Kier molecular flexibility index (Phi) is 8.23. The van der Waals surface area contributed by atoms with Crippen LogP contribution < -0.4 is 10.1 Å². The van der Waals surface area contributed by atoms with Gasteiger partial charge >= 0.3 is 0 Å². The lowest BCUT2D eigenvalue weighted by Gasteiger charge is -2.22. The van der Waals surface area contributed by atoms with E-state index in [0.717, 1.165) is 44.8 Å². The number of hydrogen-bond acceptors (Lipinski definition) is 4. The number of ether oxygens (including phenoxy) is 1. The summed E-state index contributed by atoms with van der Waals surface area (Å²) in [6.45, 7) is 10.6. The molecule has 114 valence electrons. The molecule has 0 aliphatic rings. The Hall–Kier alpha value is -1.13. The van der Waals surface area contributed by atoms with Crippen molar-refractivity contribution in [3.8, 4) is 5.75 Å². The van der Waals surface area contributed by atoms with Crippen molar-refractivity contribution in [1.82, 2.24) is 15.2 Å². The lowest BCUT2D eigenvalue weighted by atomic mass is 10.1. The lowest BCUT2D eigenvalue weighted by molar-refractivity contribution is 0.283. The summed E-state index contributed by atoms with van der Waals surface area (Å²) >= 11 is 0. The van der Waals surface area contributed by atoms with E-state index in [-0.39, 0.29) is 0 Å². The molecule has 0 fully saturated rings. The number of nitrogens with zero attached hydrogens (tertiary/aromatic N) is 2. The average Bonchev–Trinajstić information content (AvgIpc) is 2.50. The monoisotopic (exact) mass is 279 g/mol. The summed E-state index contributed by atoms with van der Waals surface area (Å²) < 4.78 is 5.66. The van der Waals surface area contributed by atoms with Crippen molar-refractivity contribution < 1.29 is 4.74 Å². The van der Waals surface area contributed by atoms with E-state index < -0.39 is 0 Å². The molecule has 4 nitrogen and oxygen atoms in total. The van der Waals surface area contributed by atoms with Crippen LogP contribution in [-0.4, -0.2) is 43.2 Å². The zero-order valence-corrected chi connectivity index (χ0v) is 13.4. The second-order valence-corrected chi connectivity index (χ2v) is 4.96. The van der Waals surface area contributed by atoms with Crippen LogP contribution in [0.3, 0.4) is 0 Å². The van der Waals surface area contributed by atoms with Crippen LogP contribution in [0.2, 0.25) is 0 Å². The average molecular weight is 279 g/mol. The number of nitrogens with one attached hydrogen (secondary N) is 1. The van der Waals surface area contributed by atoms with Gasteiger partial charge in [0.05, 0.1) is 12.8 Å². The van der Waals surface area contributed by atoms with Crippen LogP contribution in [0.5, 0.6) is 5.75 Å². The van der Waals surface area contributed by atoms with Gasteiger partial charge in [0.15, 0.2) is 0 Å². The highest BCUT2D eigenvalue weighted by atomic mass is 16.5. The minimum Gasteiger partial charge on any atom is -0.492 e. The highest BCUT2D eigenvalue weighted by Gasteiger charge is 2.12. The van der Waals surface area contributed by atoms with Crippen molar-refractivity contribution in [1.29, 1.82) is 0 Å². The molecule has 1 unspecified atom stereocenters. The summed E-state index contributed by atoms with van der Waals surface area (Å²) in [5.74, 6) is 0.868. The molecule has 0 amide bonds. The van der Waals surface area contributed by atoms with E-state index in [2.05, 4.69) is 42.0 Å². The Morgan fingerprint density at radius 1 is 1.25 bits per heavy atom. The summed E-state index contributed by atoms with van der Waals surface area (Å²) in [7, 11) is 2.01. The van der Waals surface area contributed by atoms with Crippen LogP contribution in [-0.2, 0) is 0 Å². The maximum atomic E-state index is 5.66. The molecule has 1 rings (SSSR count). The topological polar surface area (TPSA) is 37.4 Å². The Bertz CT molecular complexity index is 366. The van der Waals surface area contributed by atoms with E-state index in [4.69, 9.17) is 4.74 Å². The Balaban J connectivity index is 2.64. The molecule has 1 aromatic rings. The van der Waals surface area contributed by atoms with Gasteiger partial charge in [0, 0.05) is 12.2 Å². The third kappa shape index (κ3) is 5.47. The van der Waals surface area contributed by atoms with Crippen molar-refractivity contribution in [3.05, 3.63) is 24.0 Å². The number of aromatic nitrogens is 1. The van der Waals surface area contributed by atoms with Crippen molar-refractivity contribution in [3.63, 3.8) is 0 Å². The molecule has 0 saturated heterocycles. The molecule has 0 aromatic carbocycles. The van der Waals surface area contributed by atoms with Gasteiger partial charge in [0.1, 0.15) is 5.75 Å². The highest BCUT2D eigenvalue weighted by Crippen LogP contribution is 2.20. The van der Waals surface area contributed by atoms with Gasteiger partial charge in [-0.3, -0.25) is 4.98 Å². The van der Waals surface area contributed by atoms with Crippen LogP contribution >= 0.6 is 0 Å². The van der Waals surface area contributed by atoms with Crippen LogP contribution in [0.1, 0.15) is 45.2 Å². The van der Waals surface area contributed by atoms with Crippen LogP contribution in [0, 0.1) is 0 Å². The first-order valence-electron chi connectivity index (χ1n) is 7.72. The third-order valence-corrected chi connectivity index (χ3v) is 3.59. The standard InChI is InChI=1S/C16H29N3O/c1-5-10-20-15-11-14(12-18-13-15)16(17-4)8-9-19(6-2)7-3/h11-13,16-17H,5-10H2,1-4H3. The maximum absolute atomic E-state index is 5.66. The molecule has 0 radical (unpaired) electrons. The summed E-state index contributed by atoms with van der Waals surface area (Å²) in [6.07, 6.45) is 5.82. The molecular weight excluding hydrogens is 250 g/mol. The molecule has 1 N–H and O–H groups in total. The zero-order chi connectivity index (χ0) is 14.8. The summed E-state index contributed by atoms with van der Waals surface area (Å²) in [6, 6.07) is 2.43. The molecule has 1 heterocycles. The number of pyridine rings is 1. The van der Waals surface area contributed by atoms with E-state index in [1.165, 1.54) is 5.56 Å². The minimum atomic E-state index is 0.327. The maximum Gasteiger partial charge on any atom is 0.137 e. The smallest absolute Gasteiger partial charge is 0.137 e. The highest BCUT2D eigenvalue weighted by molar-refractivity contribution is 5.26. The molecular formula is C16H29N3O. The summed E-state index contributed by atoms with van der Waals surface area (Å²) in [5, 5.41) is 3.38. The Morgan fingerprint density at radius 3 is 2.60 bits per heavy atom. The van der Waals surface area contributed by atoms with Gasteiger partial charge in [0.25, 0.3) is 0 Å². The van der Waals surface area contributed by atoms with Gasteiger partial charge in [-0.1, -0.05) is 20.8 Å². The Morgan fingerprint density at radius 2 is 2.00 bits per heavy atom. The molecule has 0 bridgehead atoms. The largest absolute Gasteiger partial charge is 0.492 e. The lowest BCUT2D eigenvalue weighted by Crippen LogP contribution is -2.28. The van der Waals surface area contributed by atoms with Gasteiger partial charge in [-0.05, 0) is 51.2 Å². The van der Waals surface area contributed by atoms with Crippen LogP contribution in [0.25, 0.3) is 0 Å². The fourth-order valence-electron chi connectivity index (χ4n) is 2.25. The van der Waals surface area contributed by atoms with Gasteiger partial charge < -0.3 is 15.0 Å². The Labute approximate surface area is 123 Å². The molecule has 0 spiro atoms. The molecule has 0 aliphatic carbocycles. The fraction of sp³-hybridized carbons (Fsp3) is 0.688. The van der Waals surface area contributed by atoms with Gasteiger partial charge in [-0.25, -0.2) is 0 Å². The SMILES string of the molecule is CCCOc1cncc(C(CCN(CC)CC)NC)c1. The third-order valence-electron chi connectivity index (χ3n) is 3.59. The van der Waals surface area contributed by atoms with Gasteiger partial charge in [-0.15, -0.1) is 0 Å². The molecule has 4 heteroatoms. The van der Waals surface area contributed by atoms with Crippen LogP contribution in [0.15, 0.2) is 18.5 Å². The summed E-state index contributed by atoms with van der Waals surface area (Å²) in [5.41, 5.74) is 1.20. The molecule has 1 atom stereocenters. The second-order valence-electron chi connectivity index (χ2n) is 4.96. The molecule has 20 heavy (non-hydrogen) atoms. The van der Waals surface area contributed by atoms with Crippen LogP contribution in [0.4, 0.5) is 0 Å². The van der Waals surface area contributed by atoms with Crippen molar-refractivity contribution in [2.75, 3.05) is 33.3 Å². The van der Waals surface area contributed by atoms with E-state index in [1.807, 2.05) is 13.2 Å². The first-order chi connectivity index (χ1) is 9.74. The van der Waals surface area contributed by atoms with Crippen molar-refractivity contribution in [2.24, 2.45) is 0 Å². The first kappa shape index (κ1) is 16.9. The molecule has 0 aliphatic heterocycles. The first-order valence-corrected chi connectivity index (χ1v) is 7.72. The molecule has 0 saturated carbocycles. The normalized spacial score (nSPS) is 12.7. The summed E-state index contributed by atoms with van der Waals surface area (Å²) in [4.78, 5) is 6.73. The number of rotatable bonds is 10. The van der Waals surface area contributed by atoms with Crippen molar-refractivity contribution >= 4 is 0 Å². The predicted molar refractivity (Wildman–Crippen MR) is 84.2 cm³/mol. The van der Waals surface area contributed by atoms with E-state index in [1.54, 1.807) is 6.20 Å². The predicted octanol–water partition coefficient (Wildman–Crippen LogP) is 2.86. The minimum absolute atomic E-state index is 0.327. The molecule has 1 aromatic heterocycles.